The molecule has 3 aromatic carbocycles. The van der Waals surface area contributed by atoms with Crippen molar-refractivity contribution in [2.45, 2.75) is 56.4 Å². The van der Waals surface area contributed by atoms with Gasteiger partial charge in [0.1, 0.15) is 18.5 Å². The Hall–Kier alpha value is -4.45. The number of amides is 1. The summed E-state index contributed by atoms with van der Waals surface area (Å²) in [5.74, 6) is 1.49. The molecule has 0 N–H and O–H groups in total. The predicted octanol–water partition coefficient (Wildman–Crippen LogP) is 6.22. The van der Waals surface area contributed by atoms with Crippen molar-refractivity contribution in [1.82, 2.24) is 9.88 Å². The number of fused-ring (bicyclic) bond motifs is 2. The molecule has 1 aromatic heterocycles. The van der Waals surface area contributed by atoms with Gasteiger partial charge < -0.3 is 33.3 Å². The highest BCUT2D eigenvalue weighted by atomic mass is 32.2. The monoisotopic (exact) mass is 670 g/mol. The van der Waals surface area contributed by atoms with Crippen molar-refractivity contribution in [2.75, 3.05) is 32.6 Å². The van der Waals surface area contributed by atoms with Crippen LogP contribution in [0.15, 0.2) is 84.0 Å². The Labute approximate surface area is 282 Å². The summed E-state index contributed by atoms with van der Waals surface area (Å²) in [6.45, 7) is 6.32. The van der Waals surface area contributed by atoms with Crippen LogP contribution in [0.4, 0.5) is 4.79 Å². The molecule has 3 aliphatic rings. The van der Waals surface area contributed by atoms with Gasteiger partial charge in [0.05, 0.1) is 26.4 Å². The molecule has 11 heteroatoms. The summed E-state index contributed by atoms with van der Waals surface area (Å²) in [6, 6.07) is 21.4. The standard InChI is InChI=1S/C37H38N2O8S/c1-37(2)44-21-29-16-27(7-11-32(29)47-37)35-19-39(36(40)46-35)13-12-24-4-10-33-34(15-24)45-30(23-43-33)22-42-20-25-14-28(18-38-17-25)26-5-8-31(9-6-26)48(3)41/h4-11,14-18,30,35H,12-13,19-23H2,1-3H3/t30-,35+,48?/m1/s1. The van der Waals surface area contributed by atoms with E-state index in [4.69, 9.17) is 28.4 Å². The van der Waals surface area contributed by atoms with Crippen molar-refractivity contribution >= 4 is 16.9 Å². The van der Waals surface area contributed by atoms with Crippen LogP contribution in [0.2, 0.25) is 0 Å². The summed E-state index contributed by atoms with van der Waals surface area (Å²) in [5.41, 5.74) is 5.81. The van der Waals surface area contributed by atoms with E-state index in [1.54, 1.807) is 23.5 Å². The first-order chi connectivity index (χ1) is 23.2. The van der Waals surface area contributed by atoms with Gasteiger partial charge in [-0.15, -0.1) is 0 Å². The van der Waals surface area contributed by atoms with Crippen LogP contribution < -0.4 is 14.2 Å². The Morgan fingerprint density at radius 1 is 0.938 bits per heavy atom. The minimum absolute atomic E-state index is 0.265. The minimum Gasteiger partial charge on any atom is -0.486 e. The molecule has 4 heterocycles. The Bertz CT molecular complexity index is 1830. The number of carbonyl (C=O) groups excluding carboxylic acids is 1. The second-order valence-electron chi connectivity index (χ2n) is 12.6. The lowest BCUT2D eigenvalue weighted by molar-refractivity contribution is -0.180. The van der Waals surface area contributed by atoms with Gasteiger partial charge in [-0.3, -0.25) is 9.19 Å². The van der Waals surface area contributed by atoms with Crippen LogP contribution in [0.25, 0.3) is 11.1 Å². The Kier molecular flexibility index (Phi) is 9.09. The van der Waals surface area contributed by atoms with Crippen molar-refractivity contribution in [2.24, 2.45) is 0 Å². The molecule has 1 unspecified atom stereocenters. The first kappa shape index (κ1) is 32.1. The maximum atomic E-state index is 12.7. The topological polar surface area (TPSA) is 106 Å². The summed E-state index contributed by atoms with van der Waals surface area (Å²) in [4.78, 5) is 19.6. The molecule has 1 fully saturated rings. The number of nitrogens with zero attached hydrogens (tertiary/aromatic N) is 2. The van der Waals surface area contributed by atoms with Gasteiger partial charge in [-0.2, -0.15) is 0 Å². The van der Waals surface area contributed by atoms with E-state index in [0.717, 1.165) is 44.0 Å². The van der Waals surface area contributed by atoms with Gasteiger partial charge in [0, 0.05) is 65.9 Å². The van der Waals surface area contributed by atoms with Crippen molar-refractivity contribution in [3.05, 3.63) is 101 Å². The summed E-state index contributed by atoms with van der Waals surface area (Å²) < 4.78 is 47.3. The molecule has 0 bridgehead atoms. The van der Waals surface area contributed by atoms with Crippen molar-refractivity contribution in [3.8, 4) is 28.4 Å². The fourth-order valence-corrected chi connectivity index (χ4v) is 6.47. The molecule has 3 atom stereocenters. The van der Waals surface area contributed by atoms with E-state index in [0.29, 0.717) is 57.4 Å². The quantitative estimate of drug-likeness (QED) is 0.194. The summed E-state index contributed by atoms with van der Waals surface area (Å²) >= 11 is 0. The van der Waals surface area contributed by atoms with Crippen LogP contribution in [0.3, 0.4) is 0 Å². The molecule has 1 saturated heterocycles. The lowest BCUT2D eigenvalue weighted by Crippen LogP contribution is -2.35. The average molecular weight is 671 g/mol. The highest BCUT2D eigenvalue weighted by molar-refractivity contribution is 7.84. The predicted molar refractivity (Wildman–Crippen MR) is 178 cm³/mol. The van der Waals surface area contributed by atoms with E-state index < -0.39 is 16.6 Å². The SMILES string of the molecule is CS(=O)c1ccc(-c2cncc(COC[C@@H]3COc4ccc(CCN5C[C@@H](c6ccc7c(c6)COC(C)(C)O7)OC5=O)cc4O3)c2)cc1. The van der Waals surface area contributed by atoms with Crippen molar-refractivity contribution in [1.29, 1.82) is 0 Å². The fourth-order valence-electron chi connectivity index (χ4n) is 5.96. The van der Waals surface area contributed by atoms with Gasteiger partial charge in [-0.05, 0) is 71.1 Å². The van der Waals surface area contributed by atoms with Crippen LogP contribution in [0.1, 0.15) is 42.2 Å². The molecular formula is C37H38N2O8S. The molecule has 1 amide bonds. The van der Waals surface area contributed by atoms with Crippen LogP contribution in [0, 0.1) is 0 Å². The number of ether oxygens (including phenoxy) is 6. The summed E-state index contributed by atoms with van der Waals surface area (Å²) in [6.07, 6.45) is 4.96. The first-order valence-corrected chi connectivity index (χ1v) is 17.5. The third-order valence-corrected chi connectivity index (χ3v) is 9.49. The van der Waals surface area contributed by atoms with Crippen molar-refractivity contribution < 1.29 is 37.4 Å². The summed E-state index contributed by atoms with van der Waals surface area (Å²) in [5, 5.41) is 0. The summed E-state index contributed by atoms with van der Waals surface area (Å²) in [7, 11) is -1.02. The number of cyclic esters (lactones) is 1. The van der Waals surface area contributed by atoms with E-state index in [1.165, 1.54) is 0 Å². The average Bonchev–Trinajstić information content (AvgIpc) is 3.46. The Morgan fingerprint density at radius 3 is 2.60 bits per heavy atom. The molecule has 10 nitrogen and oxygen atoms in total. The highest BCUT2D eigenvalue weighted by Crippen LogP contribution is 2.36. The zero-order chi connectivity index (χ0) is 33.3. The molecule has 4 aromatic rings. The lowest BCUT2D eigenvalue weighted by Gasteiger charge is -2.32. The van der Waals surface area contributed by atoms with E-state index in [1.807, 2.05) is 80.6 Å². The van der Waals surface area contributed by atoms with Crippen LogP contribution in [-0.4, -0.2) is 64.6 Å². The maximum Gasteiger partial charge on any atom is 0.410 e. The second-order valence-corrected chi connectivity index (χ2v) is 14.0. The number of hydrogen-bond acceptors (Lipinski definition) is 9. The molecular weight excluding hydrogens is 632 g/mol. The van der Waals surface area contributed by atoms with Gasteiger partial charge in [0.2, 0.25) is 5.79 Å². The third kappa shape index (κ3) is 7.33. The first-order valence-electron chi connectivity index (χ1n) is 16.0. The second kappa shape index (κ2) is 13.6. The van der Waals surface area contributed by atoms with Crippen molar-refractivity contribution in [3.63, 3.8) is 0 Å². The van der Waals surface area contributed by atoms with E-state index >= 15 is 0 Å². The fraction of sp³-hybridized carbons (Fsp3) is 0.351. The third-order valence-electron chi connectivity index (χ3n) is 8.56. The molecule has 0 radical (unpaired) electrons. The number of rotatable bonds is 10. The number of carbonyl (C=O) groups is 1. The number of pyridine rings is 1. The number of hydrogen-bond donors (Lipinski definition) is 0. The van der Waals surface area contributed by atoms with Gasteiger partial charge >= 0.3 is 6.09 Å². The van der Waals surface area contributed by atoms with Gasteiger partial charge in [0.15, 0.2) is 17.6 Å². The van der Waals surface area contributed by atoms with E-state index in [-0.39, 0.29) is 18.3 Å². The van der Waals surface area contributed by atoms with E-state index in [9.17, 15) is 9.00 Å². The lowest BCUT2D eigenvalue weighted by atomic mass is 10.0. The number of aromatic nitrogens is 1. The Balaban J connectivity index is 0.901. The zero-order valence-corrected chi connectivity index (χ0v) is 28.0. The smallest absolute Gasteiger partial charge is 0.410 e. The van der Waals surface area contributed by atoms with Gasteiger partial charge in [-0.1, -0.05) is 24.3 Å². The normalized spacial score (nSPS) is 20.1. The Morgan fingerprint density at radius 2 is 1.77 bits per heavy atom. The van der Waals surface area contributed by atoms with Crippen LogP contribution in [0.5, 0.6) is 17.2 Å². The van der Waals surface area contributed by atoms with E-state index in [2.05, 4.69) is 4.98 Å². The molecule has 0 spiro atoms. The minimum atomic E-state index is -1.02. The molecule has 3 aliphatic heterocycles. The van der Waals surface area contributed by atoms with Crippen LogP contribution in [-0.2, 0) is 44.6 Å². The molecule has 250 valence electrons. The molecule has 7 rings (SSSR count). The van der Waals surface area contributed by atoms with Crippen LogP contribution >= 0.6 is 0 Å². The molecule has 48 heavy (non-hydrogen) atoms. The molecule has 0 aliphatic carbocycles. The maximum absolute atomic E-state index is 12.7. The van der Waals surface area contributed by atoms with Gasteiger partial charge in [0.25, 0.3) is 0 Å². The highest BCUT2D eigenvalue weighted by Gasteiger charge is 2.34. The molecule has 0 saturated carbocycles. The van der Waals surface area contributed by atoms with Gasteiger partial charge in [-0.25, -0.2) is 4.79 Å². The zero-order valence-electron chi connectivity index (χ0n) is 27.2. The number of benzene rings is 3. The largest absolute Gasteiger partial charge is 0.486 e.